The second-order valence-corrected chi connectivity index (χ2v) is 7.37. The van der Waals surface area contributed by atoms with E-state index in [0.29, 0.717) is 0 Å². The minimum absolute atomic E-state index is 0.776. The van der Waals surface area contributed by atoms with Gasteiger partial charge in [-0.2, -0.15) is 0 Å². The van der Waals surface area contributed by atoms with Crippen molar-refractivity contribution in [2.24, 2.45) is 0 Å². The summed E-state index contributed by atoms with van der Waals surface area (Å²) in [6, 6.07) is 16.4. The fourth-order valence-corrected chi connectivity index (χ4v) is 3.04. The lowest BCUT2D eigenvalue weighted by Gasteiger charge is -2.12. The predicted octanol–water partition coefficient (Wildman–Crippen LogP) is 6.74. The summed E-state index contributed by atoms with van der Waals surface area (Å²) in [6.07, 6.45) is 8.52. The lowest BCUT2D eigenvalue weighted by Crippen LogP contribution is -2.13. The number of hydrogen-bond donors (Lipinski definition) is 2. The van der Waals surface area contributed by atoms with Gasteiger partial charge in [0.15, 0.2) is 0 Å². The molecule has 2 rings (SSSR count). The van der Waals surface area contributed by atoms with E-state index in [0.717, 1.165) is 68.4 Å². The van der Waals surface area contributed by atoms with Gasteiger partial charge in [0.1, 0.15) is 11.5 Å². The molecule has 29 heavy (non-hydrogen) atoms. The summed E-state index contributed by atoms with van der Waals surface area (Å²) in [5.74, 6) is 1.87. The first kappa shape index (κ1) is 22.9. The molecule has 0 heterocycles. The van der Waals surface area contributed by atoms with Crippen molar-refractivity contribution in [2.75, 3.05) is 36.9 Å². The van der Waals surface area contributed by atoms with Crippen LogP contribution in [0.25, 0.3) is 0 Å². The molecule has 160 valence electrons. The quantitative estimate of drug-likeness (QED) is 0.307. The van der Waals surface area contributed by atoms with Gasteiger partial charge in [-0.1, -0.05) is 58.1 Å². The third-order valence-electron chi connectivity index (χ3n) is 4.73. The first-order valence-corrected chi connectivity index (χ1v) is 11.2. The van der Waals surface area contributed by atoms with E-state index in [1.165, 1.54) is 25.7 Å². The fraction of sp³-hybridized carbons (Fsp3) is 0.520. The molecule has 0 unspecified atom stereocenters. The van der Waals surface area contributed by atoms with Crippen LogP contribution in [0.4, 0.5) is 11.4 Å². The van der Waals surface area contributed by atoms with E-state index in [9.17, 15) is 0 Å². The maximum absolute atomic E-state index is 5.89. The van der Waals surface area contributed by atoms with E-state index in [-0.39, 0.29) is 0 Å². The second-order valence-electron chi connectivity index (χ2n) is 7.37. The molecule has 0 amide bonds. The van der Waals surface area contributed by atoms with Gasteiger partial charge in [-0.25, -0.2) is 0 Å². The topological polar surface area (TPSA) is 42.5 Å². The van der Waals surface area contributed by atoms with Crippen LogP contribution in [0.3, 0.4) is 0 Å². The minimum Gasteiger partial charge on any atom is -0.494 e. The summed E-state index contributed by atoms with van der Waals surface area (Å²) in [6.45, 7) is 7.65. The van der Waals surface area contributed by atoms with Crippen LogP contribution >= 0.6 is 0 Å². The molecule has 2 N–H and O–H groups in total. The van der Waals surface area contributed by atoms with Crippen molar-refractivity contribution >= 4 is 11.4 Å². The van der Waals surface area contributed by atoms with Crippen LogP contribution in [-0.2, 0) is 0 Å². The Morgan fingerprint density at radius 3 is 1.69 bits per heavy atom. The molecule has 0 atom stereocenters. The molecule has 0 fully saturated rings. The molecule has 0 aliphatic rings. The highest BCUT2D eigenvalue weighted by Crippen LogP contribution is 2.19. The third-order valence-corrected chi connectivity index (χ3v) is 4.73. The lowest BCUT2D eigenvalue weighted by molar-refractivity contribution is 0.304. The van der Waals surface area contributed by atoms with Crippen molar-refractivity contribution in [3.8, 4) is 11.5 Å². The molecular formula is C25H38N2O2. The fourth-order valence-electron chi connectivity index (χ4n) is 3.04. The Balaban J connectivity index is 1.65. The van der Waals surface area contributed by atoms with Crippen LogP contribution < -0.4 is 20.1 Å². The van der Waals surface area contributed by atoms with Crippen LogP contribution in [0.2, 0.25) is 0 Å². The third kappa shape index (κ3) is 10.1. The average Bonchev–Trinajstić information content (AvgIpc) is 2.75. The Morgan fingerprint density at radius 1 is 0.621 bits per heavy atom. The maximum atomic E-state index is 5.89. The Hall–Kier alpha value is -2.36. The van der Waals surface area contributed by atoms with Crippen molar-refractivity contribution in [1.29, 1.82) is 0 Å². The molecule has 0 saturated heterocycles. The summed E-state index contributed by atoms with van der Waals surface area (Å²) >= 11 is 0. The van der Waals surface area contributed by atoms with Gasteiger partial charge in [0, 0.05) is 36.6 Å². The van der Waals surface area contributed by atoms with Crippen LogP contribution in [0, 0.1) is 0 Å². The number of anilines is 2. The first-order valence-electron chi connectivity index (χ1n) is 11.2. The molecule has 0 aliphatic carbocycles. The standard InChI is InChI=1S/C25H38N2O2/c1-3-5-7-8-9-19-29-25-15-11-13-23(21-25)27-17-16-26-22-12-10-14-24(20-22)28-18-6-4-2/h10-15,20-21,26-27H,3-9,16-19H2,1-2H3. The lowest BCUT2D eigenvalue weighted by atomic mass is 10.2. The van der Waals surface area contributed by atoms with Gasteiger partial charge in [-0.15, -0.1) is 0 Å². The van der Waals surface area contributed by atoms with E-state index in [4.69, 9.17) is 9.47 Å². The van der Waals surface area contributed by atoms with Crippen LogP contribution in [0.5, 0.6) is 11.5 Å². The average molecular weight is 399 g/mol. The zero-order valence-corrected chi connectivity index (χ0v) is 18.2. The van der Waals surface area contributed by atoms with Crippen molar-refractivity contribution < 1.29 is 9.47 Å². The molecule has 4 heteroatoms. The highest BCUT2D eigenvalue weighted by atomic mass is 16.5. The Bertz CT molecular complexity index is 675. The summed E-state index contributed by atoms with van der Waals surface area (Å²) in [5, 5.41) is 6.90. The number of unbranched alkanes of at least 4 members (excludes halogenated alkanes) is 5. The van der Waals surface area contributed by atoms with Crippen molar-refractivity contribution in [3.05, 3.63) is 48.5 Å². The maximum Gasteiger partial charge on any atom is 0.121 e. The summed E-state index contributed by atoms with van der Waals surface area (Å²) in [5.41, 5.74) is 2.17. The summed E-state index contributed by atoms with van der Waals surface area (Å²) in [4.78, 5) is 0. The molecule has 0 bridgehead atoms. The van der Waals surface area contributed by atoms with Crippen LogP contribution in [-0.4, -0.2) is 26.3 Å². The molecule has 0 aromatic heterocycles. The van der Waals surface area contributed by atoms with Gasteiger partial charge in [-0.05, 0) is 37.1 Å². The smallest absolute Gasteiger partial charge is 0.121 e. The Kier molecular flexibility index (Phi) is 11.6. The van der Waals surface area contributed by atoms with E-state index in [2.05, 4.69) is 48.7 Å². The van der Waals surface area contributed by atoms with Gasteiger partial charge in [0.05, 0.1) is 13.2 Å². The predicted molar refractivity (Wildman–Crippen MR) is 125 cm³/mol. The normalized spacial score (nSPS) is 10.6. The molecular weight excluding hydrogens is 360 g/mol. The van der Waals surface area contributed by atoms with Crippen molar-refractivity contribution in [1.82, 2.24) is 0 Å². The van der Waals surface area contributed by atoms with Gasteiger partial charge in [0.2, 0.25) is 0 Å². The van der Waals surface area contributed by atoms with Gasteiger partial charge in [-0.3, -0.25) is 0 Å². The van der Waals surface area contributed by atoms with Gasteiger partial charge < -0.3 is 20.1 Å². The first-order chi connectivity index (χ1) is 14.3. The van der Waals surface area contributed by atoms with Crippen molar-refractivity contribution in [3.63, 3.8) is 0 Å². The molecule has 0 aliphatic heterocycles. The molecule has 2 aromatic rings. The van der Waals surface area contributed by atoms with E-state index in [1.54, 1.807) is 0 Å². The number of ether oxygens (including phenoxy) is 2. The van der Waals surface area contributed by atoms with Gasteiger partial charge >= 0.3 is 0 Å². The van der Waals surface area contributed by atoms with Gasteiger partial charge in [0.25, 0.3) is 0 Å². The largest absolute Gasteiger partial charge is 0.494 e. The van der Waals surface area contributed by atoms with Crippen LogP contribution in [0.15, 0.2) is 48.5 Å². The highest BCUT2D eigenvalue weighted by Gasteiger charge is 1.99. The summed E-state index contributed by atoms with van der Waals surface area (Å²) < 4.78 is 11.7. The van der Waals surface area contributed by atoms with Crippen LogP contribution in [0.1, 0.15) is 58.8 Å². The monoisotopic (exact) mass is 398 g/mol. The number of nitrogens with one attached hydrogen (secondary N) is 2. The zero-order valence-electron chi connectivity index (χ0n) is 18.2. The van der Waals surface area contributed by atoms with E-state index < -0.39 is 0 Å². The SMILES string of the molecule is CCCCCCCOc1cccc(NCCNc2cccc(OCCCC)c2)c1. The zero-order chi connectivity index (χ0) is 20.6. The number of hydrogen-bond acceptors (Lipinski definition) is 4. The van der Waals surface area contributed by atoms with E-state index in [1.807, 2.05) is 24.3 Å². The molecule has 0 radical (unpaired) electrons. The highest BCUT2D eigenvalue weighted by molar-refractivity contribution is 5.50. The molecule has 4 nitrogen and oxygen atoms in total. The molecule has 0 spiro atoms. The Morgan fingerprint density at radius 2 is 1.14 bits per heavy atom. The number of benzene rings is 2. The Labute approximate surface area is 177 Å². The van der Waals surface area contributed by atoms with Crippen molar-refractivity contribution in [2.45, 2.75) is 58.8 Å². The minimum atomic E-state index is 0.776. The van der Waals surface area contributed by atoms with E-state index >= 15 is 0 Å². The second kappa shape index (κ2) is 14.6. The number of rotatable bonds is 16. The molecule has 0 saturated carbocycles. The summed E-state index contributed by atoms with van der Waals surface area (Å²) in [7, 11) is 0. The molecule has 2 aromatic carbocycles.